The van der Waals surface area contributed by atoms with E-state index in [1.165, 1.54) is 18.3 Å². The third kappa shape index (κ3) is 3.96. The Kier molecular flexibility index (Phi) is 5.62. The molecule has 0 spiro atoms. The Hall–Kier alpha value is -3.30. The maximum atomic E-state index is 13.8. The first kappa shape index (κ1) is 20.4. The van der Waals surface area contributed by atoms with Gasteiger partial charge in [-0.25, -0.2) is 31.3 Å². The second-order valence-electron chi connectivity index (χ2n) is 6.17. The number of aryl methyl sites for hydroxylation is 1. The SMILES string of the molecule is Cn1ccnc1C(NC(=O)Cc1c(F)c(F)c(F)c(F)c1F)c1ccc(F)cc1. The topological polar surface area (TPSA) is 46.9 Å². The monoisotopic (exact) mass is 413 g/mol. The Morgan fingerprint density at radius 1 is 0.966 bits per heavy atom. The van der Waals surface area contributed by atoms with E-state index in [9.17, 15) is 31.1 Å². The fraction of sp³-hybridized carbons (Fsp3) is 0.158. The average Bonchev–Trinajstić information content (AvgIpc) is 3.13. The summed E-state index contributed by atoms with van der Waals surface area (Å²) in [6, 6.07) is 4.06. The van der Waals surface area contributed by atoms with Gasteiger partial charge >= 0.3 is 0 Å². The Morgan fingerprint density at radius 3 is 2.03 bits per heavy atom. The first-order chi connectivity index (χ1) is 13.7. The number of hydrogen-bond donors (Lipinski definition) is 1. The van der Waals surface area contributed by atoms with Crippen molar-refractivity contribution < 1.29 is 31.1 Å². The van der Waals surface area contributed by atoms with Crippen LogP contribution in [0.2, 0.25) is 0 Å². The molecule has 1 amide bonds. The van der Waals surface area contributed by atoms with Gasteiger partial charge in [0.2, 0.25) is 11.7 Å². The lowest BCUT2D eigenvalue weighted by Crippen LogP contribution is -2.33. The Morgan fingerprint density at radius 2 is 1.52 bits per heavy atom. The van der Waals surface area contributed by atoms with Gasteiger partial charge < -0.3 is 9.88 Å². The van der Waals surface area contributed by atoms with E-state index in [-0.39, 0.29) is 0 Å². The van der Waals surface area contributed by atoms with Gasteiger partial charge in [-0.05, 0) is 17.7 Å². The molecular weight excluding hydrogens is 400 g/mol. The van der Waals surface area contributed by atoms with E-state index in [1.807, 2.05) is 0 Å². The molecule has 0 aliphatic rings. The van der Waals surface area contributed by atoms with E-state index in [0.717, 1.165) is 12.1 Å². The summed E-state index contributed by atoms with van der Waals surface area (Å²) in [6.45, 7) is 0. The lowest BCUT2D eigenvalue weighted by Gasteiger charge is -2.19. The fourth-order valence-corrected chi connectivity index (χ4v) is 2.79. The van der Waals surface area contributed by atoms with Gasteiger partial charge in [-0.15, -0.1) is 0 Å². The minimum atomic E-state index is -2.30. The maximum Gasteiger partial charge on any atom is 0.225 e. The zero-order valence-corrected chi connectivity index (χ0v) is 14.8. The molecule has 1 aromatic heterocycles. The molecule has 0 saturated carbocycles. The molecule has 29 heavy (non-hydrogen) atoms. The first-order valence-electron chi connectivity index (χ1n) is 8.23. The zero-order chi connectivity index (χ0) is 21.3. The van der Waals surface area contributed by atoms with Crippen molar-refractivity contribution in [2.75, 3.05) is 0 Å². The highest BCUT2D eigenvalue weighted by molar-refractivity contribution is 5.79. The highest BCUT2D eigenvalue weighted by Gasteiger charge is 2.28. The molecule has 4 nitrogen and oxygen atoms in total. The summed E-state index contributed by atoms with van der Waals surface area (Å²) in [4.78, 5) is 16.5. The number of benzene rings is 2. The normalized spacial score (nSPS) is 12.1. The molecule has 152 valence electrons. The van der Waals surface area contributed by atoms with Crippen molar-refractivity contribution in [3.63, 3.8) is 0 Å². The second-order valence-corrected chi connectivity index (χ2v) is 6.17. The third-order valence-electron chi connectivity index (χ3n) is 4.26. The predicted molar refractivity (Wildman–Crippen MR) is 89.5 cm³/mol. The molecule has 0 fully saturated rings. The molecular formula is C19H13F6N3O. The van der Waals surface area contributed by atoms with Crippen molar-refractivity contribution in [3.8, 4) is 0 Å². The quantitative estimate of drug-likeness (QED) is 0.394. The molecule has 0 aliphatic heterocycles. The van der Waals surface area contributed by atoms with Crippen LogP contribution in [0, 0.1) is 34.9 Å². The average molecular weight is 413 g/mol. The molecule has 2 aromatic carbocycles. The minimum absolute atomic E-state index is 0.308. The van der Waals surface area contributed by atoms with Gasteiger partial charge in [0, 0.05) is 25.0 Å². The number of carbonyl (C=O) groups is 1. The number of nitrogens with one attached hydrogen (secondary N) is 1. The molecule has 0 bridgehead atoms. The summed E-state index contributed by atoms with van der Waals surface area (Å²) >= 11 is 0. The largest absolute Gasteiger partial charge is 0.342 e. The highest BCUT2D eigenvalue weighted by atomic mass is 19.2. The zero-order valence-electron chi connectivity index (χ0n) is 14.8. The summed E-state index contributed by atoms with van der Waals surface area (Å²) < 4.78 is 82.3. The van der Waals surface area contributed by atoms with Crippen LogP contribution in [0.15, 0.2) is 36.7 Å². The molecule has 1 heterocycles. The van der Waals surface area contributed by atoms with Crippen molar-refractivity contribution in [2.24, 2.45) is 7.05 Å². The summed E-state index contributed by atoms with van der Waals surface area (Å²) in [6.07, 6.45) is 1.90. The highest BCUT2D eigenvalue weighted by Crippen LogP contribution is 2.25. The fourth-order valence-electron chi connectivity index (χ4n) is 2.79. The van der Waals surface area contributed by atoms with Crippen LogP contribution in [0.5, 0.6) is 0 Å². The molecule has 10 heteroatoms. The van der Waals surface area contributed by atoms with Gasteiger partial charge in [-0.1, -0.05) is 12.1 Å². The van der Waals surface area contributed by atoms with Crippen LogP contribution in [0.25, 0.3) is 0 Å². The van der Waals surface area contributed by atoms with Gasteiger partial charge in [0.25, 0.3) is 0 Å². The third-order valence-corrected chi connectivity index (χ3v) is 4.26. The number of halogens is 6. The summed E-state index contributed by atoms with van der Waals surface area (Å²) in [5.74, 6) is -12.0. The lowest BCUT2D eigenvalue weighted by atomic mass is 10.0. The van der Waals surface area contributed by atoms with Crippen molar-refractivity contribution in [2.45, 2.75) is 12.5 Å². The summed E-state index contributed by atoms with van der Waals surface area (Å²) in [5, 5.41) is 2.44. The van der Waals surface area contributed by atoms with Crippen LogP contribution in [-0.2, 0) is 18.3 Å². The van der Waals surface area contributed by atoms with E-state index in [4.69, 9.17) is 0 Å². The van der Waals surface area contributed by atoms with Crippen LogP contribution >= 0.6 is 0 Å². The number of nitrogens with zero attached hydrogens (tertiary/aromatic N) is 2. The standard InChI is InChI=1S/C19H13F6N3O/c1-28-7-6-26-19(28)18(9-2-4-10(20)5-3-9)27-12(29)8-11-13(21)15(23)17(25)16(24)14(11)22/h2-7,18H,8H2,1H3,(H,27,29). The molecule has 3 aromatic rings. The van der Waals surface area contributed by atoms with Crippen molar-refractivity contribution in [1.29, 1.82) is 0 Å². The van der Waals surface area contributed by atoms with Crippen LogP contribution in [0.1, 0.15) is 23.0 Å². The molecule has 1 unspecified atom stereocenters. The van der Waals surface area contributed by atoms with Crippen LogP contribution in [0.4, 0.5) is 26.3 Å². The first-order valence-corrected chi connectivity index (χ1v) is 8.23. The van der Waals surface area contributed by atoms with E-state index in [0.29, 0.717) is 11.4 Å². The summed E-state index contributed by atoms with van der Waals surface area (Å²) in [5.41, 5.74) is -0.858. The Balaban J connectivity index is 1.93. The summed E-state index contributed by atoms with van der Waals surface area (Å²) in [7, 11) is 1.62. The number of amides is 1. The van der Waals surface area contributed by atoms with E-state index < -0.39 is 58.8 Å². The van der Waals surface area contributed by atoms with E-state index >= 15 is 0 Å². The van der Waals surface area contributed by atoms with E-state index in [2.05, 4.69) is 10.3 Å². The minimum Gasteiger partial charge on any atom is -0.342 e. The maximum absolute atomic E-state index is 13.8. The van der Waals surface area contributed by atoms with Crippen molar-refractivity contribution in [3.05, 3.63) is 88.5 Å². The Labute approximate surface area is 160 Å². The molecule has 1 atom stereocenters. The smallest absolute Gasteiger partial charge is 0.225 e. The number of rotatable bonds is 5. The van der Waals surface area contributed by atoms with Crippen molar-refractivity contribution in [1.82, 2.24) is 14.9 Å². The molecule has 1 N–H and O–H groups in total. The molecule has 3 rings (SSSR count). The molecule has 0 saturated heterocycles. The van der Waals surface area contributed by atoms with Crippen LogP contribution in [-0.4, -0.2) is 15.5 Å². The van der Waals surface area contributed by atoms with Crippen LogP contribution in [0.3, 0.4) is 0 Å². The van der Waals surface area contributed by atoms with Gasteiger partial charge in [-0.2, -0.15) is 0 Å². The molecule has 0 aliphatic carbocycles. The van der Waals surface area contributed by atoms with Gasteiger partial charge in [-0.3, -0.25) is 4.79 Å². The van der Waals surface area contributed by atoms with Gasteiger partial charge in [0.15, 0.2) is 23.3 Å². The lowest BCUT2D eigenvalue weighted by molar-refractivity contribution is -0.121. The van der Waals surface area contributed by atoms with Gasteiger partial charge in [0.05, 0.1) is 6.42 Å². The second kappa shape index (κ2) is 7.98. The van der Waals surface area contributed by atoms with Crippen LogP contribution < -0.4 is 5.32 Å². The van der Waals surface area contributed by atoms with Crippen molar-refractivity contribution >= 4 is 5.91 Å². The number of aromatic nitrogens is 2. The number of hydrogen-bond acceptors (Lipinski definition) is 2. The van der Waals surface area contributed by atoms with E-state index in [1.54, 1.807) is 17.8 Å². The predicted octanol–water partition coefficient (Wildman–Crippen LogP) is 3.70. The van der Waals surface area contributed by atoms with Gasteiger partial charge in [0.1, 0.15) is 17.7 Å². The Bertz CT molecular complexity index is 1040. The molecule has 0 radical (unpaired) electrons. The number of carbonyl (C=O) groups excluding carboxylic acids is 1. The number of imidazole rings is 1.